The van der Waals surface area contributed by atoms with Crippen LogP contribution in [0.5, 0.6) is 0 Å². The zero-order chi connectivity index (χ0) is 17.8. The quantitative estimate of drug-likeness (QED) is 0.826. The first-order chi connectivity index (χ1) is 12.0. The standard InChI is InChI=1S/C17H17N3O5/c1-11-7-14(19-25-11)18-15(21)10-24-17(23)12-8-16(22)20(9-12)13-5-3-2-4-6-13/h2-7,12H,8-10H2,1H3,(H,18,19,21)/t12-/m0/s1. The molecule has 2 aromatic rings. The van der Waals surface area contributed by atoms with E-state index in [9.17, 15) is 14.4 Å². The summed E-state index contributed by atoms with van der Waals surface area (Å²) in [6.45, 7) is 1.49. The summed E-state index contributed by atoms with van der Waals surface area (Å²) in [6, 6.07) is 10.7. The second-order valence-corrected chi connectivity index (χ2v) is 5.72. The molecule has 0 unspecified atom stereocenters. The summed E-state index contributed by atoms with van der Waals surface area (Å²) < 4.78 is 9.83. The van der Waals surface area contributed by atoms with E-state index in [1.165, 1.54) is 0 Å². The van der Waals surface area contributed by atoms with Crippen LogP contribution in [0.2, 0.25) is 0 Å². The summed E-state index contributed by atoms with van der Waals surface area (Å²) in [6.07, 6.45) is 0.0673. The zero-order valence-corrected chi connectivity index (χ0v) is 13.6. The van der Waals surface area contributed by atoms with Gasteiger partial charge in [-0.3, -0.25) is 14.4 Å². The molecule has 1 atom stereocenters. The van der Waals surface area contributed by atoms with Crippen LogP contribution in [-0.2, 0) is 19.1 Å². The Bertz CT molecular complexity index is 787. The molecule has 130 valence electrons. The molecule has 1 aromatic heterocycles. The molecule has 8 heteroatoms. The molecule has 0 bridgehead atoms. The molecule has 0 aliphatic carbocycles. The van der Waals surface area contributed by atoms with Crippen LogP contribution in [0.4, 0.5) is 11.5 Å². The van der Waals surface area contributed by atoms with Crippen molar-refractivity contribution in [3.8, 4) is 0 Å². The van der Waals surface area contributed by atoms with E-state index in [4.69, 9.17) is 9.26 Å². The Balaban J connectivity index is 1.50. The number of rotatable bonds is 5. The smallest absolute Gasteiger partial charge is 0.311 e. The number of hydrogen-bond donors (Lipinski definition) is 1. The molecule has 2 amide bonds. The van der Waals surface area contributed by atoms with Crippen molar-refractivity contribution in [3.63, 3.8) is 0 Å². The van der Waals surface area contributed by atoms with Crippen LogP contribution in [0.1, 0.15) is 12.2 Å². The molecule has 0 radical (unpaired) electrons. The Morgan fingerprint density at radius 1 is 1.36 bits per heavy atom. The van der Waals surface area contributed by atoms with E-state index in [1.807, 2.05) is 18.2 Å². The summed E-state index contributed by atoms with van der Waals surface area (Å²) in [4.78, 5) is 37.5. The SMILES string of the molecule is Cc1cc(NC(=O)COC(=O)[C@H]2CC(=O)N(c3ccccc3)C2)no1. The first-order valence-corrected chi connectivity index (χ1v) is 7.78. The lowest BCUT2D eigenvalue weighted by Gasteiger charge is -2.16. The van der Waals surface area contributed by atoms with Gasteiger partial charge in [0.05, 0.1) is 5.92 Å². The highest BCUT2D eigenvalue weighted by molar-refractivity contribution is 6.00. The van der Waals surface area contributed by atoms with E-state index in [1.54, 1.807) is 30.0 Å². The monoisotopic (exact) mass is 343 g/mol. The highest BCUT2D eigenvalue weighted by Gasteiger charge is 2.36. The molecule has 1 aromatic carbocycles. The fourth-order valence-electron chi connectivity index (χ4n) is 2.58. The van der Waals surface area contributed by atoms with Gasteiger partial charge in [0.1, 0.15) is 5.76 Å². The predicted octanol–water partition coefficient (Wildman–Crippen LogP) is 1.52. The minimum atomic E-state index is -0.588. The van der Waals surface area contributed by atoms with Crippen molar-refractivity contribution >= 4 is 29.3 Å². The van der Waals surface area contributed by atoms with Crippen molar-refractivity contribution in [2.75, 3.05) is 23.4 Å². The first-order valence-electron chi connectivity index (χ1n) is 7.78. The Kier molecular flexibility index (Phi) is 4.78. The maximum atomic E-state index is 12.1. The van der Waals surface area contributed by atoms with Crippen molar-refractivity contribution in [1.82, 2.24) is 5.16 Å². The molecule has 25 heavy (non-hydrogen) atoms. The summed E-state index contributed by atoms with van der Waals surface area (Å²) in [7, 11) is 0. The summed E-state index contributed by atoms with van der Waals surface area (Å²) in [5.41, 5.74) is 0.738. The van der Waals surface area contributed by atoms with Gasteiger partial charge in [-0.2, -0.15) is 0 Å². The van der Waals surface area contributed by atoms with Crippen molar-refractivity contribution in [1.29, 1.82) is 0 Å². The molecule has 1 aliphatic rings. The Morgan fingerprint density at radius 2 is 2.12 bits per heavy atom. The van der Waals surface area contributed by atoms with E-state index in [0.29, 0.717) is 5.76 Å². The van der Waals surface area contributed by atoms with Crippen LogP contribution in [-0.4, -0.2) is 36.1 Å². The molecule has 8 nitrogen and oxygen atoms in total. The molecular weight excluding hydrogens is 326 g/mol. The Hall–Kier alpha value is -3.16. The van der Waals surface area contributed by atoms with E-state index in [0.717, 1.165) is 5.69 Å². The molecule has 1 saturated heterocycles. The minimum absolute atomic E-state index is 0.0673. The van der Waals surface area contributed by atoms with Crippen LogP contribution in [0.25, 0.3) is 0 Å². The third-order valence-corrected chi connectivity index (χ3v) is 3.77. The van der Waals surface area contributed by atoms with Gasteiger partial charge in [-0.05, 0) is 19.1 Å². The lowest BCUT2D eigenvalue weighted by atomic mass is 10.1. The van der Waals surface area contributed by atoms with Crippen molar-refractivity contribution in [3.05, 3.63) is 42.2 Å². The average molecular weight is 343 g/mol. The number of amides is 2. The van der Waals surface area contributed by atoms with E-state index in [2.05, 4.69) is 10.5 Å². The first kappa shape index (κ1) is 16.7. The number of nitrogens with one attached hydrogen (secondary N) is 1. The fraction of sp³-hybridized carbons (Fsp3) is 0.294. The van der Waals surface area contributed by atoms with Gasteiger partial charge in [0.25, 0.3) is 5.91 Å². The van der Waals surface area contributed by atoms with Gasteiger partial charge in [0.2, 0.25) is 5.91 Å². The summed E-state index contributed by atoms with van der Waals surface area (Å²) >= 11 is 0. The van der Waals surface area contributed by atoms with Crippen LogP contribution in [0.3, 0.4) is 0 Å². The third-order valence-electron chi connectivity index (χ3n) is 3.77. The lowest BCUT2D eigenvalue weighted by molar-refractivity contribution is -0.151. The molecular formula is C17H17N3O5. The van der Waals surface area contributed by atoms with Gasteiger partial charge in [0.15, 0.2) is 12.4 Å². The number of benzene rings is 1. The molecule has 1 fully saturated rings. The highest BCUT2D eigenvalue weighted by Crippen LogP contribution is 2.25. The highest BCUT2D eigenvalue weighted by atomic mass is 16.5. The number of anilines is 2. The maximum Gasteiger partial charge on any atom is 0.311 e. The predicted molar refractivity (Wildman–Crippen MR) is 87.7 cm³/mol. The number of esters is 1. The minimum Gasteiger partial charge on any atom is -0.455 e. The fourth-order valence-corrected chi connectivity index (χ4v) is 2.58. The van der Waals surface area contributed by atoms with E-state index in [-0.39, 0.29) is 24.7 Å². The number of ether oxygens (including phenoxy) is 1. The zero-order valence-electron chi connectivity index (χ0n) is 13.6. The second-order valence-electron chi connectivity index (χ2n) is 5.72. The van der Waals surface area contributed by atoms with Gasteiger partial charge in [-0.25, -0.2) is 0 Å². The van der Waals surface area contributed by atoms with Crippen molar-refractivity contribution in [2.24, 2.45) is 5.92 Å². The van der Waals surface area contributed by atoms with Crippen molar-refractivity contribution < 1.29 is 23.6 Å². The van der Waals surface area contributed by atoms with Crippen LogP contribution < -0.4 is 10.2 Å². The number of aromatic nitrogens is 1. The third kappa shape index (κ3) is 4.03. The average Bonchev–Trinajstić information content (AvgIpc) is 3.19. The Morgan fingerprint density at radius 3 is 2.80 bits per heavy atom. The van der Waals surface area contributed by atoms with Gasteiger partial charge in [-0.1, -0.05) is 23.4 Å². The van der Waals surface area contributed by atoms with Gasteiger partial charge >= 0.3 is 5.97 Å². The normalized spacial score (nSPS) is 16.8. The van der Waals surface area contributed by atoms with Crippen LogP contribution >= 0.6 is 0 Å². The summed E-state index contributed by atoms with van der Waals surface area (Å²) in [5, 5.41) is 6.07. The van der Waals surface area contributed by atoms with Gasteiger partial charge < -0.3 is 19.5 Å². The number of para-hydroxylation sites is 1. The molecule has 2 heterocycles. The molecule has 1 N–H and O–H groups in total. The molecule has 0 spiro atoms. The number of carbonyl (C=O) groups is 3. The molecule has 0 saturated carbocycles. The Labute approximate surface area is 143 Å². The van der Waals surface area contributed by atoms with E-state index >= 15 is 0 Å². The number of hydrogen-bond acceptors (Lipinski definition) is 6. The lowest BCUT2D eigenvalue weighted by Crippen LogP contribution is -2.28. The number of aryl methyl sites for hydroxylation is 1. The number of carbonyl (C=O) groups excluding carboxylic acids is 3. The van der Waals surface area contributed by atoms with Crippen molar-refractivity contribution in [2.45, 2.75) is 13.3 Å². The van der Waals surface area contributed by atoms with Gasteiger partial charge in [0, 0.05) is 24.7 Å². The number of nitrogens with zero attached hydrogens (tertiary/aromatic N) is 2. The maximum absolute atomic E-state index is 12.1. The largest absolute Gasteiger partial charge is 0.455 e. The van der Waals surface area contributed by atoms with E-state index < -0.39 is 24.4 Å². The molecule has 3 rings (SSSR count). The van der Waals surface area contributed by atoms with Crippen LogP contribution in [0, 0.1) is 12.8 Å². The second kappa shape index (κ2) is 7.16. The van der Waals surface area contributed by atoms with Gasteiger partial charge in [-0.15, -0.1) is 0 Å². The molecule has 1 aliphatic heterocycles. The van der Waals surface area contributed by atoms with Crippen LogP contribution in [0.15, 0.2) is 40.9 Å². The topological polar surface area (TPSA) is 102 Å². The summed E-state index contributed by atoms with van der Waals surface area (Å²) in [5.74, 6) is -1.02.